The number of piperidine rings is 1. The van der Waals surface area contributed by atoms with Crippen molar-refractivity contribution in [3.05, 3.63) is 29.8 Å². The number of ketones is 1. The van der Waals surface area contributed by atoms with Crippen LogP contribution in [0.4, 0.5) is 5.69 Å². The molecule has 3 nitrogen and oxygen atoms in total. The van der Waals surface area contributed by atoms with Crippen molar-refractivity contribution >= 4 is 17.4 Å². The van der Waals surface area contributed by atoms with Crippen molar-refractivity contribution in [1.82, 2.24) is 0 Å². The van der Waals surface area contributed by atoms with E-state index in [1.165, 1.54) is 0 Å². The molecule has 0 bridgehead atoms. The number of carbonyl (C=O) groups excluding carboxylic acids is 2. The van der Waals surface area contributed by atoms with Gasteiger partial charge in [0.1, 0.15) is 0 Å². The number of para-hydroxylation sites is 1. The fourth-order valence-electron chi connectivity index (χ4n) is 2.50. The molecule has 0 N–H and O–H groups in total. The Balaban J connectivity index is 2.00. The molecule has 0 aromatic heterocycles. The summed E-state index contributed by atoms with van der Waals surface area (Å²) < 4.78 is 0. The minimum atomic E-state index is 0.0176. The fraction of sp³-hybridized carbons (Fsp3) is 0.385. The topological polar surface area (TPSA) is 37.4 Å². The van der Waals surface area contributed by atoms with Crippen LogP contribution < -0.4 is 4.90 Å². The zero-order chi connectivity index (χ0) is 11.3. The Labute approximate surface area is 94.1 Å². The van der Waals surface area contributed by atoms with Crippen LogP contribution in [0.1, 0.15) is 23.7 Å². The molecule has 16 heavy (non-hydrogen) atoms. The molecule has 3 rings (SSSR count). The second-order valence-corrected chi connectivity index (χ2v) is 4.62. The van der Waals surface area contributed by atoms with Crippen LogP contribution in [0.15, 0.2) is 24.3 Å². The summed E-state index contributed by atoms with van der Waals surface area (Å²) in [5, 5.41) is 0. The normalized spacial score (nSPS) is 26.8. The van der Waals surface area contributed by atoms with Gasteiger partial charge in [0.25, 0.3) is 0 Å². The Morgan fingerprint density at radius 2 is 2.12 bits per heavy atom. The SMILES string of the molecule is CC(=O)c1ccccc1N1CC2CC2C1=O. The maximum Gasteiger partial charge on any atom is 0.230 e. The van der Waals surface area contributed by atoms with Crippen molar-refractivity contribution in [2.45, 2.75) is 13.3 Å². The Morgan fingerprint density at radius 1 is 1.38 bits per heavy atom. The van der Waals surface area contributed by atoms with Gasteiger partial charge in [-0.1, -0.05) is 12.1 Å². The van der Waals surface area contributed by atoms with Crippen molar-refractivity contribution in [3.8, 4) is 0 Å². The summed E-state index contributed by atoms with van der Waals surface area (Å²) in [5.41, 5.74) is 1.43. The number of anilines is 1. The zero-order valence-corrected chi connectivity index (χ0v) is 9.14. The van der Waals surface area contributed by atoms with E-state index in [4.69, 9.17) is 0 Å². The number of hydrogen-bond acceptors (Lipinski definition) is 2. The molecule has 2 fully saturated rings. The molecule has 2 atom stereocenters. The lowest BCUT2D eigenvalue weighted by Crippen LogP contribution is -2.29. The predicted octanol–water partition coefficient (Wildman–Crippen LogP) is 1.87. The van der Waals surface area contributed by atoms with Crippen LogP contribution in [-0.2, 0) is 4.79 Å². The molecule has 3 heteroatoms. The predicted molar refractivity (Wildman–Crippen MR) is 60.4 cm³/mol. The molecular weight excluding hydrogens is 202 g/mol. The number of nitrogens with zero attached hydrogens (tertiary/aromatic N) is 1. The van der Waals surface area contributed by atoms with Gasteiger partial charge in [-0.05, 0) is 31.4 Å². The maximum atomic E-state index is 11.9. The number of Topliss-reactive ketones (excluding diaryl/α,β-unsaturated/α-hetero) is 1. The van der Waals surface area contributed by atoms with Gasteiger partial charge in [-0.2, -0.15) is 0 Å². The highest BCUT2D eigenvalue weighted by atomic mass is 16.2. The summed E-state index contributed by atoms with van der Waals surface area (Å²) in [6, 6.07) is 7.36. The number of rotatable bonds is 2. The van der Waals surface area contributed by atoms with Crippen LogP contribution in [0.5, 0.6) is 0 Å². The average Bonchev–Trinajstić information content (AvgIpc) is 2.98. The molecule has 0 radical (unpaired) electrons. The summed E-state index contributed by atoms with van der Waals surface area (Å²) in [6.45, 7) is 2.33. The minimum absolute atomic E-state index is 0.0176. The molecule has 1 saturated heterocycles. The lowest BCUT2D eigenvalue weighted by atomic mass is 10.1. The largest absolute Gasteiger partial charge is 0.311 e. The monoisotopic (exact) mass is 215 g/mol. The summed E-state index contributed by atoms with van der Waals surface area (Å²) in [7, 11) is 0. The summed E-state index contributed by atoms with van der Waals surface area (Å²) in [4.78, 5) is 25.2. The average molecular weight is 215 g/mol. The van der Waals surface area contributed by atoms with Crippen LogP contribution >= 0.6 is 0 Å². The third-order valence-electron chi connectivity index (χ3n) is 3.50. The van der Waals surface area contributed by atoms with Gasteiger partial charge in [0.2, 0.25) is 5.91 Å². The molecule has 2 unspecified atom stereocenters. The summed E-state index contributed by atoms with van der Waals surface area (Å²) in [6.07, 6.45) is 1.04. The van der Waals surface area contributed by atoms with E-state index in [9.17, 15) is 9.59 Å². The molecule has 82 valence electrons. The van der Waals surface area contributed by atoms with E-state index in [1.807, 2.05) is 18.2 Å². The Kier molecular flexibility index (Phi) is 1.90. The van der Waals surface area contributed by atoms with Gasteiger partial charge in [0, 0.05) is 18.0 Å². The molecule has 1 amide bonds. The van der Waals surface area contributed by atoms with E-state index < -0.39 is 0 Å². The first kappa shape index (κ1) is 9.58. The number of amides is 1. The molecule has 1 aliphatic carbocycles. The van der Waals surface area contributed by atoms with Crippen LogP contribution in [0.2, 0.25) is 0 Å². The molecular formula is C13H13NO2. The molecule has 1 aromatic carbocycles. The molecule has 1 aromatic rings. The van der Waals surface area contributed by atoms with E-state index in [0.717, 1.165) is 18.7 Å². The maximum absolute atomic E-state index is 11.9. The number of fused-ring (bicyclic) bond motifs is 1. The van der Waals surface area contributed by atoms with Crippen LogP contribution in [0.3, 0.4) is 0 Å². The van der Waals surface area contributed by atoms with Crippen molar-refractivity contribution in [2.24, 2.45) is 11.8 Å². The lowest BCUT2D eigenvalue weighted by Gasteiger charge is -2.20. The van der Waals surface area contributed by atoms with E-state index in [-0.39, 0.29) is 17.6 Å². The Hall–Kier alpha value is -1.64. The van der Waals surface area contributed by atoms with Crippen molar-refractivity contribution < 1.29 is 9.59 Å². The minimum Gasteiger partial charge on any atom is -0.311 e. The first-order valence-corrected chi connectivity index (χ1v) is 5.60. The van der Waals surface area contributed by atoms with E-state index >= 15 is 0 Å². The number of carbonyl (C=O) groups is 2. The van der Waals surface area contributed by atoms with Crippen molar-refractivity contribution in [1.29, 1.82) is 0 Å². The Bertz CT molecular complexity index is 481. The first-order valence-electron chi connectivity index (χ1n) is 5.60. The second-order valence-electron chi connectivity index (χ2n) is 4.62. The zero-order valence-electron chi connectivity index (χ0n) is 9.14. The van der Waals surface area contributed by atoms with E-state index in [1.54, 1.807) is 17.9 Å². The van der Waals surface area contributed by atoms with Crippen LogP contribution in [0, 0.1) is 11.8 Å². The van der Waals surface area contributed by atoms with Gasteiger partial charge in [-0.3, -0.25) is 9.59 Å². The molecule has 0 spiro atoms. The van der Waals surface area contributed by atoms with Gasteiger partial charge < -0.3 is 4.90 Å². The van der Waals surface area contributed by atoms with Crippen molar-refractivity contribution in [2.75, 3.05) is 11.4 Å². The highest BCUT2D eigenvalue weighted by Crippen LogP contribution is 2.47. The van der Waals surface area contributed by atoms with Crippen LogP contribution in [-0.4, -0.2) is 18.2 Å². The van der Waals surface area contributed by atoms with E-state index in [0.29, 0.717) is 11.5 Å². The standard InChI is InChI=1S/C13H13NO2/c1-8(15)10-4-2-3-5-12(10)14-7-9-6-11(9)13(14)16/h2-5,9,11H,6-7H2,1H3. The number of benzene rings is 1. The first-order chi connectivity index (χ1) is 7.68. The quantitative estimate of drug-likeness (QED) is 0.706. The second kappa shape index (κ2) is 3.17. The molecule has 1 heterocycles. The highest BCUT2D eigenvalue weighted by Gasteiger charge is 2.52. The van der Waals surface area contributed by atoms with Gasteiger partial charge in [0.05, 0.1) is 5.69 Å². The Morgan fingerprint density at radius 3 is 2.75 bits per heavy atom. The van der Waals surface area contributed by atoms with E-state index in [2.05, 4.69) is 0 Å². The van der Waals surface area contributed by atoms with Crippen molar-refractivity contribution in [3.63, 3.8) is 0 Å². The summed E-state index contributed by atoms with van der Waals surface area (Å²) >= 11 is 0. The molecule has 2 aliphatic rings. The van der Waals surface area contributed by atoms with Crippen LogP contribution in [0.25, 0.3) is 0 Å². The van der Waals surface area contributed by atoms with Gasteiger partial charge in [-0.25, -0.2) is 0 Å². The number of hydrogen-bond donors (Lipinski definition) is 0. The third kappa shape index (κ3) is 1.28. The van der Waals surface area contributed by atoms with Gasteiger partial charge >= 0.3 is 0 Å². The molecule has 1 saturated carbocycles. The highest BCUT2D eigenvalue weighted by molar-refractivity contribution is 6.07. The lowest BCUT2D eigenvalue weighted by molar-refractivity contribution is -0.118. The molecule has 1 aliphatic heterocycles. The van der Waals surface area contributed by atoms with Gasteiger partial charge in [0.15, 0.2) is 5.78 Å². The third-order valence-corrected chi connectivity index (χ3v) is 3.50. The smallest absolute Gasteiger partial charge is 0.230 e. The summed E-state index contributed by atoms with van der Waals surface area (Å²) in [5.74, 6) is 0.982. The van der Waals surface area contributed by atoms with Gasteiger partial charge in [-0.15, -0.1) is 0 Å². The fourth-order valence-corrected chi connectivity index (χ4v) is 2.50.